The first kappa shape index (κ1) is 10.4. The van der Waals surface area contributed by atoms with Crippen molar-refractivity contribution in [2.75, 3.05) is 18.9 Å². The van der Waals surface area contributed by atoms with Crippen molar-refractivity contribution in [2.45, 2.75) is 32.1 Å². The molecule has 0 atom stereocenters. The number of anilines is 1. The first-order chi connectivity index (χ1) is 7.00. The Kier molecular flexibility index (Phi) is 2.43. The molecule has 2 heterocycles. The molecule has 3 nitrogen and oxygen atoms in total. The van der Waals surface area contributed by atoms with Crippen LogP contribution in [-0.2, 0) is 10.2 Å². The number of nitrogens with two attached hydrogens (primary N) is 1. The third-order valence-electron chi connectivity index (χ3n) is 2.81. The van der Waals surface area contributed by atoms with Crippen LogP contribution in [0.5, 0.6) is 0 Å². The molecule has 0 unspecified atom stereocenters. The third kappa shape index (κ3) is 1.84. The molecule has 0 radical (unpaired) electrons. The minimum Gasteiger partial charge on any atom is -0.397 e. The molecule has 2 N–H and O–H groups in total. The highest BCUT2D eigenvalue weighted by Gasteiger charge is 2.27. The van der Waals surface area contributed by atoms with E-state index in [4.69, 9.17) is 10.5 Å². The van der Waals surface area contributed by atoms with E-state index in [1.54, 1.807) is 0 Å². The molecular weight excluding hydrogens is 188 g/mol. The van der Waals surface area contributed by atoms with Crippen LogP contribution in [0.25, 0.3) is 0 Å². The standard InChI is InChI=1S/C12H18N2O/c1-12(2,3)11-10(13)9(4-5-14-11)8-6-15-7-8/h4-5,8H,6-7,13H2,1-3H3. The van der Waals surface area contributed by atoms with Crippen LogP contribution < -0.4 is 5.73 Å². The van der Waals surface area contributed by atoms with E-state index in [9.17, 15) is 0 Å². The Bertz CT molecular complexity index is 364. The number of hydrogen-bond acceptors (Lipinski definition) is 3. The minimum absolute atomic E-state index is 0.00466. The molecule has 1 aliphatic heterocycles. The van der Waals surface area contributed by atoms with Crippen molar-refractivity contribution in [1.29, 1.82) is 0 Å². The summed E-state index contributed by atoms with van der Waals surface area (Å²) in [7, 11) is 0. The molecule has 1 saturated heterocycles. The summed E-state index contributed by atoms with van der Waals surface area (Å²) in [4.78, 5) is 4.39. The quantitative estimate of drug-likeness (QED) is 0.765. The van der Waals surface area contributed by atoms with E-state index < -0.39 is 0 Å². The lowest BCUT2D eigenvalue weighted by Gasteiger charge is -2.29. The lowest BCUT2D eigenvalue weighted by atomic mass is 9.86. The third-order valence-corrected chi connectivity index (χ3v) is 2.81. The van der Waals surface area contributed by atoms with E-state index >= 15 is 0 Å². The van der Waals surface area contributed by atoms with Crippen molar-refractivity contribution in [2.24, 2.45) is 0 Å². The summed E-state index contributed by atoms with van der Waals surface area (Å²) in [5.41, 5.74) is 9.20. The fourth-order valence-corrected chi connectivity index (χ4v) is 1.86. The maximum Gasteiger partial charge on any atom is 0.0688 e. The van der Waals surface area contributed by atoms with Crippen molar-refractivity contribution in [3.63, 3.8) is 0 Å². The van der Waals surface area contributed by atoms with Gasteiger partial charge in [-0.05, 0) is 11.6 Å². The van der Waals surface area contributed by atoms with Crippen LogP contribution in [0.4, 0.5) is 5.69 Å². The van der Waals surface area contributed by atoms with Gasteiger partial charge in [-0.15, -0.1) is 0 Å². The second kappa shape index (κ2) is 3.49. The molecular formula is C12H18N2O. The lowest BCUT2D eigenvalue weighted by molar-refractivity contribution is 0.00863. The fourth-order valence-electron chi connectivity index (χ4n) is 1.86. The molecule has 3 heteroatoms. The van der Waals surface area contributed by atoms with Gasteiger partial charge in [0.25, 0.3) is 0 Å². The normalized spacial score (nSPS) is 17.5. The van der Waals surface area contributed by atoms with Crippen LogP contribution in [-0.4, -0.2) is 18.2 Å². The Hall–Kier alpha value is -1.09. The van der Waals surface area contributed by atoms with Crippen molar-refractivity contribution in [1.82, 2.24) is 4.98 Å². The summed E-state index contributed by atoms with van der Waals surface area (Å²) in [6, 6.07) is 2.01. The van der Waals surface area contributed by atoms with Crippen LogP contribution >= 0.6 is 0 Å². The predicted octanol–water partition coefficient (Wildman–Crippen LogP) is 2.08. The Morgan fingerprint density at radius 1 is 1.40 bits per heavy atom. The van der Waals surface area contributed by atoms with Gasteiger partial charge in [-0.1, -0.05) is 20.8 Å². The van der Waals surface area contributed by atoms with E-state index in [2.05, 4.69) is 25.8 Å². The van der Waals surface area contributed by atoms with Gasteiger partial charge in [-0.25, -0.2) is 0 Å². The molecule has 0 spiro atoms. The van der Waals surface area contributed by atoms with Gasteiger partial charge in [-0.3, -0.25) is 4.98 Å². The van der Waals surface area contributed by atoms with E-state index in [1.165, 1.54) is 5.56 Å². The first-order valence-corrected chi connectivity index (χ1v) is 5.33. The Morgan fingerprint density at radius 2 is 2.07 bits per heavy atom. The SMILES string of the molecule is CC(C)(C)c1nccc(C2COC2)c1N. The monoisotopic (exact) mass is 206 g/mol. The zero-order valence-corrected chi connectivity index (χ0v) is 9.58. The molecule has 0 amide bonds. The van der Waals surface area contributed by atoms with Crippen molar-refractivity contribution in [3.8, 4) is 0 Å². The number of hydrogen-bond donors (Lipinski definition) is 1. The Balaban J connectivity index is 2.41. The van der Waals surface area contributed by atoms with Gasteiger partial charge in [0.1, 0.15) is 0 Å². The summed E-state index contributed by atoms with van der Waals surface area (Å²) in [5.74, 6) is 0.467. The molecule has 82 valence electrons. The highest BCUT2D eigenvalue weighted by atomic mass is 16.5. The largest absolute Gasteiger partial charge is 0.397 e. The van der Waals surface area contributed by atoms with Gasteiger partial charge >= 0.3 is 0 Å². The van der Waals surface area contributed by atoms with Gasteiger partial charge in [0.05, 0.1) is 24.6 Å². The smallest absolute Gasteiger partial charge is 0.0688 e. The average Bonchev–Trinajstić information content (AvgIpc) is 2.03. The highest BCUT2D eigenvalue weighted by molar-refractivity contribution is 5.54. The number of ether oxygens (including phenoxy) is 1. The maximum atomic E-state index is 6.16. The fraction of sp³-hybridized carbons (Fsp3) is 0.583. The van der Waals surface area contributed by atoms with Gasteiger partial charge in [0.2, 0.25) is 0 Å². The van der Waals surface area contributed by atoms with Crippen molar-refractivity contribution >= 4 is 5.69 Å². The van der Waals surface area contributed by atoms with Gasteiger partial charge in [0.15, 0.2) is 0 Å². The summed E-state index contributed by atoms with van der Waals surface area (Å²) in [6.45, 7) is 7.97. The van der Waals surface area contributed by atoms with Gasteiger partial charge < -0.3 is 10.5 Å². The number of pyridine rings is 1. The molecule has 0 bridgehead atoms. The molecule has 1 aromatic rings. The molecule has 0 saturated carbocycles. The summed E-state index contributed by atoms with van der Waals surface area (Å²) < 4.78 is 5.19. The average molecular weight is 206 g/mol. The van der Waals surface area contributed by atoms with Gasteiger partial charge in [-0.2, -0.15) is 0 Å². The summed E-state index contributed by atoms with van der Waals surface area (Å²) in [5, 5.41) is 0. The molecule has 0 aromatic carbocycles. The highest BCUT2D eigenvalue weighted by Crippen LogP contribution is 2.34. The topological polar surface area (TPSA) is 48.1 Å². The Labute approximate surface area is 90.7 Å². The molecule has 1 aliphatic rings. The van der Waals surface area contributed by atoms with E-state index in [0.29, 0.717) is 5.92 Å². The van der Waals surface area contributed by atoms with Crippen LogP contribution in [0.3, 0.4) is 0 Å². The second-order valence-electron chi connectivity index (χ2n) is 5.15. The minimum atomic E-state index is 0.00466. The van der Waals surface area contributed by atoms with Crippen LogP contribution in [0.1, 0.15) is 37.9 Å². The van der Waals surface area contributed by atoms with Crippen molar-refractivity contribution < 1.29 is 4.74 Å². The molecule has 15 heavy (non-hydrogen) atoms. The van der Waals surface area contributed by atoms with Crippen LogP contribution in [0, 0.1) is 0 Å². The first-order valence-electron chi connectivity index (χ1n) is 5.33. The van der Waals surface area contributed by atoms with E-state index in [0.717, 1.165) is 24.6 Å². The molecule has 2 rings (SSSR count). The van der Waals surface area contributed by atoms with E-state index in [-0.39, 0.29) is 5.41 Å². The zero-order valence-electron chi connectivity index (χ0n) is 9.58. The Morgan fingerprint density at radius 3 is 2.53 bits per heavy atom. The second-order valence-corrected chi connectivity index (χ2v) is 5.15. The molecule has 0 aliphatic carbocycles. The molecule has 1 aromatic heterocycles. The molecule has 1 fully saturated rings. The zero-order chi connectivity index (χ0) is 11.1. The van der Waals surface area contributed by atoms with Crippen LogP contribution in [0.2, 0.25) is 0 Å². The number of rotatable bonds is 1. The number of nitrogen functional groups attached to an aromatic ring is 1. The van der Waals surface area contributed by atoms with Gasteiger partial charge in [0, 0.05) is 17.5 Å². The lowest BCUT2D eigenvalue weighted by Crippen LogP contribution is -2.27. The number of nitrogens with zero attached hydrogens (tertiary/aromatic N) is 1. The van der Waals surface area contributed by atoms with Crippen molar-refractivity contribution in [3.05, 3.63) is 23.5 Å². The summed E-state index contributed by atoms with van der Waals surface area (Å²) in [6.07, 6.45) is 1.85. The van der Waals surface area contributed by atoms with E-state index in [1.807, 2.05) is 12.3 Å². The number of aromatic nitrogens is 1. The van der Waals surface area contributed by atoms with Crippen LogP contribution in [0.15, 0.2) is 12.3 Å². The maximum absolute atomic E-state index is 6.16. The predicted molar refractivity (Wildman–Crippen MR) is 60.9 cm³/mol. The summed E-state index contributed by atoms with van der Waals surface area (Å²) >= 11 is 0.